The van der Waals surface area contributed by atoms with Crippen molar-refractivity contribution in [2.75, 3.05) is 11.9 Å². The van der Waals surface area contributed by atoms with Crippen LogP contribution in [0.3, 0.4) is 0 Å². The van der Waals surface area contributed by atoms with Gasteiger partial charge in [0.2, 0.25) is 0 Å². The van der Waals surface area contributed by atoms with Crippen molar-refractivity contribution in [1.82, 2.24) is 4.98 Å². The van der Waals surface area contributed by atoms with E-state index in [0.717, 1.165) is 12.8 Å². The summed E-state index contributed by atoms with van der Waals surface area (Å²) in [6, 6.07) is 9.05. The van der Waals surface area contributed by atoms with E-state index in [4.69, 9.17) is 14.9 Å². The van der Waals surface area contributed by atoms with E-state index >= 15 is 0 Å². The standard InChI is InChI=1S/C26H34N2O6/c1-2-3-4-5-6-7-8-9-17-34-23-15-13-22(28-21(23)14-16-24(29)30)25(31)27-20-12-10-11-19(18-20)26(32)33/h10-13,15,18H,2-9,14,16-17H2,1H3,(H,27,31)(H,29,30)(H,32,33). The number of carboxylic acids is 2. The molecule has 0 atom stereocenters. The van der Waals surface area contributed by atoms with E-state index in [1.165, 1.54) is 62.8 Å². The van der Waals surface area contributed by atoms with E-state index < -0.39 is 17.8 Å². The second-order valence-electron chi connectivity index (χ2n) is 8.20. The smallest absolute Gasteiger partial charge is 0.335 e. The van der Waals surface area contributed by atoms with E-state index in [1.54, 1.807) is 12.1 Å². The lowest BCUT2D eigenvalue weighted by atomic mass is 10.1. The maximum absolute atomic E-state index is 12.6. The topological polar surface area (TPSA) is 126 Å². The monoisotopic (exact) mass is 470 g/mol. The van der Waals surface area contributed by atoms with Gasteiger partial charge >= 0.3 is 11.9 Å². The largest absolute Gasteiger partial charge is 0.492 e. The Hall–Kier alpha value is -3.42. The van der Waals surface area contributed by atoms with Crippen molar-refractivity contribution in [3.8, 4) is 5.75 Å². The maximum atomic E-state index is 12.6. The number of amides is 1. The number of pyridine rings is 1. The van der Waals surface area contributed by atoms with Crippen LogP contribution in [-0.4, -0.2) is 39.6 Å². The van der Waals surface area contributed by atoms with Crippen LogP contribution in [0, 0.1) is 0 Å². The van der Waals surface area contributed by atoms with Crippen molar-refractivity contribution in [2.45, 2.75) is 71.1 Å². The summed E-state index contributed by atoms with van der Waals surface area (Å²) in [5.74, 6) is -2.10. The van der Waals surface area contributed by atoms with Gasteiger partial charge in [-0.1, -0.05) is 57.9 Å². The fraction of sp³-hybridized carbons (Fsp3) is 0.462. The Kier molecular flexibility index (Phi) is 11.6. The van der Waals surface area contributed by atoms with Crippen LogP contribution in [0.15, 0.2) is 36.4 Å². The highest BCUT2D eigenvalue weighted by molar-refractivity contribution is 6.03. The first-order valence-electron chi connectivity index (χ1n) is 11.9. The molecule has 0 aliphatic heterocycles. The third-order valence-electron chi connectivity index (χ3n) is 5.36. The first kappa shape index (κ1) is 26.8. The molecule has 0 aliphatic rings. The number of nitrogens with one attached hydrogen (secondary N) is 1. The normalized spacial score (nSPS) is 10.6. The predicted molar refractivity (Wildman–Crippen MR) is 130 cm³/mol. The molecule has 0 unspecified atom stereocenters. The lowest BCUT2D eigenvalue weighted by molar-refractivity contribution is -0.137. The summed E-state index contributed by atoms with van der Waals surface area (Å²) in [6.07, 6.45) is 9.45. The molecule has 2 aromatic rings. The number of rotatable bonds is 16. The van der Waals surface area contributed by atoms with Gasteiger partial charge in [-0.2, -0.15) is 0 Å². The summed E-state index contributed by atoms with van der Waals surface area (Å²) >= 11 is 0. The van der Waals surface area contributed by atoms with Crippen molar-refractivity contribution in [2.24, 2.45) is 0 Å². The van der Waals surface area contributed by atoms with Gasteiger partial charge in [0.1, 0.15) is 11.4 Å². The second kappa shape index (κ2) is 14.7. The number of unbranched alkanes of at least 4 members (excludes halogenated alkanes) is 7. The van der Waals surface area contributed by atoms with Crippen LogP contribution in [0.25, 0.3) is 0 Å². The highest BCUT2D eigenvalue weighted by atomic mass is 16.5. The van der Waals surface area contributed by atoms with Gasteiger partial charge in [0.05, 0.1) is 24.3 Å². The molecule has 34 heavy (non-hydrogen) atoms. The predicted octanol–water partition coefficient (Wildman–Crippen LogP) is 5.57. The number of carbonyl (C=O) groups excluding carboxylic acids is 1. The number of ether oxygens (including phenoxy) is 1. The molecule has 1 aromatic carbocycles. The van der Waals surface area contributed by atoms with Crippen LogP contribution >= 0.6 is 0 Å². The zero-order valence-electron chi connectivity index (χ0n) is 19.7. The number of hydrogen-bond donors (Lipinski definition) is 3. The maximum Gasteiger partial charge on any atom is 0.335 e. The summed E-state index contributed by atoms with van der Waals surface area (Å²) in [5.41, 5.74) is 0.890. The molecule has 0 bridgehead atoms. The molecular weight excluding hydrogens is 436 g/mol. The molecule has 0 aliphatic carbocycles. The van der Waals surface area contributed by atoms with Crippen molar-refractivity contribution >= 4 is 23.5 Å². The first-order valence-corrected chi connectivity index (χ1v) is 11.9. The second-order valence-corrected chi connectivity index (χ2v) is 8.20. The van der Waals surface area contributed by atoms with Crippen molar-refractivity contribution in [3.63, 3.8) is 0 Å². The average Bonchev–Trinajstić information content (AvgIpc) is 2.82. The fourth-order valence-corrected chi connectivity index (χ4v) is 3.49. The summed E-state index contributed by atoms with van der Waals surface area (Å²) in [7, 11) is 0. The molecule has 3 N–H and O–H groups in total. The van der Waals surface area contributed by atoms with Crippen molar-refractivity contribution in [3.05, 3.63) is 53.3 Å². The number of nitrogens with zero attached hydrogens (tertiary/aromatic N) is 1. The molecule has 8 heteroatoms. The van der Waals surface area contributed by atoms with Crippen LogP contribution in [0.4, 0.5) is 5.69 Å². The molecule has 1 amide bonds. The Bertz CT molecular complexity index is 960. The van der Waals surface area contributed by atoms with E-state index in [2.05, 4.69) is 17.2 Å². The van der Waals surface area contributed by atoms with Gasteiger partial charge in [-0.3, -0.25) is 9.59 Å². The highest BCUT2D eigenvalue weighted by Crippen LogP contribution is 2.21. The minimum Gasteiger partial charge on any atom is -0.492 e. The number of aromatic nitrogens is 1. The summed E-state index contributed by atoms with van der Waals surface area (Å²) in [6.45, 7) is 2.71. The van der Waals surface area contributed by atoms with Crippen LogP contribution in [0.1, 0.15) is 91.3 Å². The van der Waals surface area contributed by atoms with Gasteiger partial charge in [0.15, 0.2) is 0 Å². The quantitative estimate of drug-likeness (QED) is 0.274. The summed E-state index contributed by atoms with van der Waals surface area (Å²) < 4.78 is 5.86. The highest BCUT2D eigenvalue weighted by Gasteiger charge is 2.15. The fourth-order valence-electron chi connectivity index (χ4n) is 3.49. The lowest BCUT2D eigenvalue weighted by Gasteiger charge is -2.12. The molecule has 8 nitrogen and oxygen atoms in total. The summed E-state index contributed by atoms with van der Waals surface area (Å²) in [5, 5.41) is 20.8. The molecule has 0 spiro atoms. The number of benzene rings is 1. The number of aliphatic carboxylic acids is 1. The Morgan fingerprint density at radius 1 is 0.941 bits per heavy atom. The lowest BCUT2D eigenvalue weighted by Crippen LogP contribution is -2.16. The Balaban J connectivity index is 1.96. The average molecular weight is 471 g/mol. The Labute approximate surface area is 200 Å². The molecule has 1 heterocycles. The third-order valence-corrected chi connectivity index (χ3v) is 5.36. The number of carbonyl (C=O) groups is 3. The molecule has 0 radical (unpaired) electrons. The van der Waals surface area contributed by atoms with Crippen molar-refractivity contribution < 1.29 is 29.3 Å². The van der Waals surface area contributed by atoms with Gasteiger partial charge in [0, 0.05) is 12.1 Å². The van der Waals surface area contributed by atoms with E-state index in [-0.39, 0.29) is 24.1 Å². The number of aromatic carboxylic acids is 1. The summed E-state index contributed by atoms with van der Waals surface area (Å²) in [4.78, 5) is 39.2. The molecule has 1 aromatic heterocycles. The van der Waals surface area contributed by atoms with Crippen LogP contribution < -0.4 is 10.1 Å². The first-order chi connectivity index (χ1) is 16.4. The van der Waals surface area contributed by atoms with Gasteiger partial charge in [-0.05, 0) is 36.8 Å². The number of hydrogen-bond acceptors (Lipinski definition) is 5. The van der Waals surface area contributed by atoms with Gasteiger partial charge in [-0.15, -0.1) is 0 Å². The van der Waals surface area contributed by atoms with E-state index in [1.807, 2.05) is 0 Å². The van der Waals surface area contributed by atoms with Gasteiger partial charge in [-0.25, -0.2) is 9.78 Å². The zero-order chi connectivity index (χ0) is 24.8. The third kappa shape index (κ3) is 9.60. The van der Waals surface area contributed by atoms with Crippen LogP contribution in [0.5, 0.6) is 5.75 Å². The van der Waals surface area contributed by atoms with Crippen LogP contribution in [-0.2, 0) is 11.2 Å². The Morgan fingerprint density at radius 2 is 1.65 bits per heavy atom. The molecule has 2 rings (SSSR count). The molecular formula is C26H34N2O6. The SMILES string of the molecule is CCCCCCCCCCOc1ccc(C(=O)Nc2cccc(C(=O)O)c2)nc1CCC(=O)O. The molecule has 184 valence electrons. The van der Waals surface area contributed by atoms with E-state index in [9.17, 15) is 14.4 Å². The van der Waals surface area contributed by atoms with Crippen molar-refractivity contribution in [1.29, 1.82) is 0 Å². The minimum atomic E-state index is -1.09. The van der Waals surface area contributed by atoms with E-state index in [0.29, 0.717) is 23.7 Å². The number of anilines is 1. The number of carboxylic acid groups (broad SMARTS) is 2. The van der Waals surface area contributed by atoms with Gasteiger partial charge in [0.25, 0.3) is 5.91 Å². The van der Waals surface area contributed by atoms with Crippen LogP contribution in [0.2, 0.25) is 0 Å². The minimum absolute atomic E-state index is 0.0533. The molecule has 0 saturated heterocycles. The number of aryl methyl sites for hydroxylation is 1. The molecule has 0 fully saturated rings. The Morgan fingerprint density at radius 3 is 2.32 bits per heavy atom. The molecule has 0 saturated carbocycles. The van der Waals surface area contributed by atoms with Gasteiger partial charge < -0.3 is 20.3 Å². The zero-order valence-corrected chi connectivity index (χ0v) is 19.7.